The number of hydrogen-bond donors (Lipinski definition) is 0. The molecule has 3 nitrogen and oxygen atoms in total. The van der Waals surface area contributed by atoms with Crippen molar-refractivity contribution in [3.05, 3.63) is 198 Å². The van der Waals surface area contributed by atoms with E-state index in [9.17, 15) is 0 Å². The van der Waals surface area contributed by atoms with Crippen molar-refractivity contribution in [1.29, 1.82) is 0 Å². The molecule has 3 aliphatic carbocycles. The van der Waals surface area contributed by atoms with Gasteiger partial charge in [0.2, 0.25) is 0 Å². The van der Waals surface area contributed by atoms with Crippen LogP contribution in [0.1, 0.15) is 0 Å². The minimum Gasteiger partial charge on any atom is -0.309 e. The predicted octanol–water partition coefficient (Wildman–Crippen LogP) is 10.8. The van der Waals surface area contributed by atoms with E-state index < -0.39 is 0 Å². The van der Waals surface area contributed by atoms with E-state index in [2.05, 4.69) is 184 Å². The van der Waals surface area contributed by atoms with Gasteiger partial charge in [-0.25, -0.2) is 0 Å². The van der Waals surface area contributed by atoms with E-state index in [4.69, 9.17) is 0 Å². The monoisotopic (exact) mass is 587 g/mol. The molecule has 1 aromatic heterocycles. The van der Waals surface area contributed by atoms with Crippen molar-refractivity contribution in [2.45, 2.75) is 0 Å². The lowest BCUT2D eigenvalue weighted by atomic mass is 9.73. The van der Waals surface area contributed by atoms with Crippen LogP contribution < -0.4 is 9.80 Å². The molecule has 0 spiro atoms. The highest BCUT2D eigenvalue weighted by molar-refractivity contribution is 6.11. The van der Waals surface area contributed by atoms with Crippen molar-refractivity contribution in [3.63, 3.8) is 0 Å². The Labute approximate surface area is 267 Å². The maximum atomic E-state index is 2.48. The van der Waals surface area contributed by atoms with Gasteiger partial charge in [-0.2, -0.15) is 0 Å². The number of fused-ring (bicyclic) bond motifs is 5. The van der Waals surface area contributed by atoms with E-state index in [0.717, 1.165) is 17.1 Å². The third kappa shape index (κ3) is 3.54. The van der Waals surface area contributed by atoms with E-state index in [-0.39, 0.29) is 5.92 Å². The molecule has 0 saturated carbocycles. The number of aromatic nitrogens is 1. The summed E-state index contributed by atoms with van der Waals surface area (Å²) in [6.45, 7) is 0. The molecular weight excluding hydrogens is 558 g/mol. The van der Waals surface area contributed by atoms with Crippen LogP contribution in [0, 0.1) is 5.92 Å². The number of para-hydroxylation sites is 5. The van der Waals surface area contributed by atoms with Gasteiger partial charge in [0.1, 0.15) is 0 Å². The van der Waals surface area contributed by atoms with Crippen molar-refractivity contribution >= 4 is 44.6 Å². The molecule has 6 aromatic rings. The fourth-order valence-electron chi connectivity index (χ4n) is 7.83. The first kappa shape index (κ1) is 25.3. The Morgan fingerprint density at radius 2 is 1.13 bits per heavy atom. The van der Waals surface area contributed by atoms with Crippen molar-refractivity contribution < 1.29 is 0 Å². The molecule has 0 N–H and O–H groups in total. The summed E-state index contributed by atoms with van der Waals surface area (Å²) in [5.41, 5.74) is 14.6. The van der Waals surface area contributed by atoms with Gasteiger partial charge >= 0.3 is 0 Å². The smallest absolute Gasteiger partial charge is 0.0745 e. The van der Waals surface area contributed by atoms with E-state index in [1.165, 1.54) is 61.3 Å². The predicted molar refractivity (Wildman–Crippen MR) is 191 cm³/mol. The van der Waals surface area contributed by atoms with Gasteiger partial charge in [0.15, 0.2) is 0 Å². The van der Waals surface area contributed by atoms with Gasteiger partial charge in [-0.3, -0.25) is 0 Å². The van der Waals surface area contributed by atoms with Crippen molar-refractivity contribution in [2.24, 2.45) is 5.92 Å². The Bertz CT molecular complexity index is 2410. The molecule has 0 radical (unpaired) electrons. The Morgan fingerprint density at radius 3 is 1.96 bits per heavy atom. The molecule has 1 atom stereocenters. The van der Waals surface area contributed by atoms with Gasteiger partial charge < -0.3 is 14.4 Å². The SMILES string of the molecule is C1=CC2=CC=CC3=C4C(=CC(=C1)C23)N(c1ccc2c(c1)c1ccccc1n2-c1ccccc1)c1ccccc1N4c1ccccc1. The Hall–Kier alpha value is -6.06. The number of anilines is 4. The first-order valence-electron chi connectivity index (χ1n) is 15.9. The van der Waals surface area contributed by atoms with Crippen LogP contribution in [-0.4, -0.2) is 4.57 Å². The standard InChI is InChI=1S/C43H29N3/c1-3-16-31(17-4-1)44-37-22-8-7-20-34(37)36-28-33(25-26-38(36)44)45-39-23-9-10-24-40(39)46(32-18-5-2-6-19-32)43-35-21-12-14-29-13-11-15-30(42(29)35)27-41(43)45/h1-28,42H. The molecule has 0 bridgehead atoms. The lowest BCUT2D eigenvalue weighted by molar-refractivity contribution is 0.829. The van der Waals surface area contributed by atoms with Gasteiger partial charge in [0.05, 0.1) is 33.8 Å². The number of nitrogens with zero attached hydrogens (tertiary/aromatic N) is 3. The maximum Gasteiger partial charge on any atom is 0.0745 e. The van der Waals surface area contributed by atoms with E-state index in [1.54, 1.807) is 0 Å². The number of hydrogen-bond acceptors (Lipinski definition) is 2. The molecule has 0 fully saturated rings. The van der Waals surface area contributed by atoms with E-state index in [0.29, 0.717) is 0 Å². The summed E-state index contributed by atoms with van der Waals surface area (Å²) in [4.78, 5) is 4.95. The molecule has 1 unspecified atom stereocenters. The highest BCUT2D eigenvalue weighted by atomic mass is 15.3. The van der Waals surface area contributed by atoms with E-state index >= 15 is 0 Å². The van der Waals surface area contributed by atoms with Crippen LogP contribution in [0.15, 0.2) is 198 Å². The number of allylic oxidation sites excluding steroid dienone is 10. The highest BCUT2D eigenvalue weighted by Crippen LogP contribution is 2.55. The molecule has 46 heavy (non-hydrogen) atoms. The zero-order chi connectivity index (χ0) is 30.2. The highest BCUT2D eigenvalue weighted by Gasteiger charge is 2.40. The average molecular weight is 588 g/mol. The normalized spacial score (nSPS) is 17.8. The lowest BCUT2D eigenvalue weighted by Gasteiger charge is -2.47. The first-order chi connectivity index (χ1) is 22.8. The molecule has 2 heterocycles. The van der Waals surface area contributed by atoms with Crippen LogP contribution in [0.2, 0.25) is 0 Å². The summed E-state index contributed by atoms with van der Waals surface area (Å²) >= 11 is 0. The van der Waals surface area contributed by atoms with Crippen LogP contribution >= 0.6 is 0 Å². The minimum atomic E-state index is 0.221. The summed E-state index contributed by atoms with van der Waals surface area (Å²) in [7, 11) is 0. The summed E-state index contributed by atoms with van der Waals surface area (Å²) in [6.07, 6.45) is 15.9. The number of rotatable bonds is 3. The lowest BCUT2D eigenvalue weighted by Crippen LogP contribution is -2.37. The van der Waals surface area contributed by atoms with Gasteiger partial charge in [-0.05, 0) is 83.5 Å². The third-order valence-corrected chi connectivity index (χ3v) is 9.71. The molecule has 10 rings (SSSR count). The van der Waals surface area contributed by atoms with Gasteiger partial charge in [0, 0.05) is 33.8 Å². The summed E-state index contributed by atoms with van der Waals surface area (Å²) < 4.78 is 2.38. The van der Waals surface area contributed by atoms with Crippen LogP contribution in [0.25, 0.3) is 27.5 Å². The Balaban J connectivity index is 1.27. The van der Waals surface area contributed by atoms with Gasteiger partial charge in [-0.15, -0.1) is 0 Å². The molecule has 216 valence electrons. The van der Waals surface area contributed by atoms with Crippen molar-refractivity contribution in [3.8, 4) is 5.69 Å². The molecule has 0 saturated heterocycles. The van der Waals surface area contributed by atoms with Crippen LogP contribution in [0.3, 0.4) is 0 Å². The van der Waals surface area contributed by atoms with Crippen LogP contribution in [-0.2, 0) is 0 Å². The second-order valence-corrected chi connectivity index (χ2v) is 12.2. The summed E-state index contributed by atoms with van der Waals surface area (Å²) in [5, 5.41) is 2.49. The maximum absolute atomic E-state index is 2.48. The summed E-state index contributed by atoms with van der Waals surface area (Å²) in [6, 6.07) is 46.0. The van der Waals surface area contributed by atoms with Crippen molar-refractivity contribution in [1.82, 2.24) is 4.57 Å². The fraction of sp³-hybridized carbons (Fsp3) is 0.0233. The van der Waals surface area contributed by atoms with E-state index in [1.807, 2.05) is 0 Å². The molecule has 4 aliphatic rings. The van der Waals surface area contributed by atoms with Gasteiger partial charge in [-0.1, -0.05) is 103 Å². The average Bonchev–Trinajstić information content (AvgIpc) is 3.45. The quantitative estimate of drug-likeness (QED) is 0.204. The molecule has 5 aromatic carbocycles. The Kier molecular flexibility index (Phi) is 5.34. The van der Waals surface area contributed by atoms with Crippen LogP contribution in [0.4, 0.5) is 22.7 Å². The molecular formula is C43H29N3. The minimum absolute atomic E-state index is 0.221. The van der Waals surface area contributed by atoms with Gasteiger partial charge in [0.25, 0.3) is 0 Å². The topological polar surface area (TPSA) is 11.4 Å². The van der Waals surface area contributed by atoms with Crippen LogP contribution in [0.5, 0.6) is 0 Å². The third-order valence-electron chi connectivity index (χ3n) is 9.71. The zero-order valence-corrected chi connectivity index (χ0v) is 25.1. The molecule has 3 heteroatoms. The fourth-order valence-corrected chi connectivity index (χ4v) is 7.83. The zero-order valence-electron chi connectivity index (χ0n) is 25.1. The number of benzene rings is 5. The second-order valence-electron chi connectivity index (χ2n) is 12.2. The summed E-state index contributed by atoms with van der Waals surface area (Å²) in [5.74, 6) is 0.221. The van der Waals surface area contributed by atoms with Crippen molar-refractivity contribution in [2.75, 3.05) is 9.80 Å². The second kappa shape index (κ2) is 9.72. The Morgan fingerprint density at radius 1 is 0.478 bits per heavy atom. The first-order valence-corrected chi connectivity index (χ1v) is 15.9. The largest absolute Gasteiger partial charge is 0.309 e. The molecule has 1 aliphatic heterocycles. The molecule has 0 amide bonds.